The molecule has 0 aliphatic carbocycles. The Balaban J connectivity index is 0.00000264. The number of hydrogen-bond donors (Lipinski definition) is 2. The zero-order chi connectivity index (χ0) is 15.5. The minimum Gasteiger partial charge on any atom is -0.469 e. The van der Waals surface area contributed by atoms with Crippen LogP contribution in [0, 0.1) is 0 Å². The number of morpholine rings is 1. The van der Waals surface area contributed by atoms with Crippen molar-refractivity contribution in [3.05, 3.63) is 36.8 Å². The van der Waals surface area contributed by atoms with Crippen LogP contribution < -0.4 is 10.6 Å². The molecule has 23 heavy (non-hydrogen) atoms. The fourth-order valence-corrected chi connectivity index (χ4v) is 2.23. The van der Waals surface area contributed by atoms with Gasteiger partial charge in [0, 0.05) is 39.1 Å². The molecule has 1 aliphatic heterocycles. The van der Waals surface area contributed by atoms with Crippen molar-refractivity contribution in [3.63, 3.8) is 0 Å². The van der Waals surface area contributed by atoms with Crippen molar-refractivity contribution >= 4 is 29.9 Å². The molecular formula is C16H27IN4O2. The molecule has 7 heteroatoms. The molecule has 0 radical (unpaired) electrons. The van der Waals surface area contributed by atoms with Gasteiger partial charge in [0.15, 0.2) is 5.96 Å². The Bertz CT molecular complexity index is 445. The van der Waals surface area contributed by atoms with E-state index < -0.39 is 0 Å². The fraction of sp³-hybridized carbons (Fsp3) is 0.562. The molecule has 0 aromatic carbocycles. The van der Waals surface area contributed by atoms with Crippen LogP contribution in [0.4, 0.5) is 0 Å². The number of guanidine groups is 1. The van der Waals surface area contributed by atoms with Gasteiger partial charge in [0.1, 0.15) is 5.76 Å². The summed E-state index contributed by atoms with van der Waals surface area (Å²) < 4.78 is 10.7. The highest BCUT2D eigenvalue weighted by atomic mass is 127. The van der Waals surface area contributed by atoms with E-state index in [1.807, 2.05) is 18.2 Å². The first-order valence-corrected chi connectivity index (χ1v) is 7.84. The smallest absolute Gasteiger partial charge is 0.191 e. The predicted molar refractivity (Wildman–Crippen MR) is 104 cm³/mol. The van der Waals surface area contributed by atoms with Crippen LogP contribution in [0.1, 0.15) is 5.76 Å². The molecule has 0 unspecified atom stereocenters. The van der Waals surface area contributed by atoms with E-state index in [9.17, 15) is 0 Å². The Hall–Kier alpha value is -1.06. The van der Waals surface area contributed by atoms with Crippen LogP contribution in [0.2, 0.25) is 0 Å². The Morgan fingerprint density at radius 3 is 2.87 bits per heavy atom. The van der Waals surface area contributed by atoms with E-state index >= 15 is 0 Å². The lowest BCUT2D eigenvalue weighted by molar-refractivity contribution is 0.0394. The molecule has 2 heterocycles. The summed E-state index contributed by atoms with van der Waals surface area (Å²) in [6.45, 7) is 10.6. The van der Waals surface area contributed by atoms with Gasteiger partial charge in [-0.3, -0.25) is 9.89 Å². The average Bonchev–Trinajstić information content (AvgIpc) is 3.06. The Morgan fingerprint density at radius 1 is 1.35 bits per heavy atom. The molecule has 130 valence electrons. The maximum atomic E-state index is 5.35. The summed E-state index contributed by atoms with van der Waals surface area (Å²) in [5.41, 5.74) is 0. The van der Waals surface area contributed by atoms with E-state index in [0.717, 1.165) is 64.1 Å². The van der Waals surface area contributed by atoms with E-state index in [2.05, 4.69) is 27.1 Å². The number of nitrogens with one attached hydrogen (secondary N) is 2. The summed E-state index contributed by atoms with van der Waals surface area (Å²) in [7, 11) is 0. The zero-order valence-corrected chi connectivity index (χ0v) is 15.8. The van der Waals surface area contributed by atoms with Crippen molar-refractivity contribution in [2.75, 3.05) is 52.5 Å². The molecule has 0 amide bonds. The molecule has 0 atom stereocenters. The van der Waals surface area contributed by atoms with E-state index in [0.29, 0.717) is 6.54 Å². The minimum absolute atomic E-state index is 0. The Kier molecular flexibility index (Phi) is 10.8. The van der Waals surface area contributed by atoms with E-state index in [1.54, 1.807) is 6.26 Å². The van der Waals surface area contributed by atoms with Gasteiger partial charge in [0.05, 0.1) is 26.0 Å². The van der Waals surface area contributed by atoms with Crippen molar-refractivity contribution in [3.8, 4) is 0 Å². The van der Waals surface area contributed by atoms with Crippen LogP contribution in [-0.2, 0) is 11.2 Å². The number of ether oxygens (including phenoxy) is 1. The number of rotatable bonds is 8. The second-order valence-electron chi connectivity index (χ2n) is 5.11. The van der Waals surface area contributed by atoms with Crippen molar-refractivity contribution in [2.45, 2.75) is 6.42 Å². The standard InChI is InChI=1S/C16H26N4O2.HI/c1-2-6-17-16(18-7-5-15-4-3-12-22-15)19-8-9-20-10-13-21-14-11-20;/h2-4,12H,1,5-11,13-14H2,(H2,17,18,19);1H. The summed E-state index contributed by atoms with van der Waals surface area (Å²) in [6, 6.07) is 3.89. The SMILES string of the molecule is C=CCNC(=NCCN1CCOCC1)NCCc1ccco1.I. The Morgan fingerprint density at radius 2 is 2.17 bits per heavy atom. The molecule has 1 aliphatic rings. The van der Waals surface area contributed by atoms with Gasteiger partial charge in [0.25, 0.3) is 0 Å². The summed E-state index contributed by atoms with van der Waals surface area (Å²) in [6.07, 6.45) is 4.36. The maximum absolute atomic E-state index is 5.35. The second kappa shape index (κ2) is 12.4. The molecule has 2 N–H and O–H groups in total. The van der Waals surface area contributed by atoms with Crippen molar-refractivity contribution in [1.29, 1.82) is 0 Å². The van der Waals surface area contributed by atoms with Crippen molar-refractivity contribution in [1.82, 2.24) is 15.5 Å². The Labute approximate surface area is 155 Å². The third-order valence-corrected chi connectivity index (χ3v) is 3.45. The zero-order valence-electron chi connectivity index (χ0n) is 13.5. The van der Waals surface area contributed by atoms with Crippen LogP contribution in [0.15, 0.2) is 40.5 Å². The van der Waals surface area contributed by atoms with Crippen LogP contribution in [0.3, 0.4) is 0 Å². The summed E-state index contributed by atoms with van der Waals surface area (Å²) in [5.74, 6) is 1.80. The van der Waals surface area contributed by atoms with E-state index in [-0.39, 0.29) is 24.0 Å². The second-order valence-corrected chi connectivity index (χ2v) is 5.11. The highest BCUT2D eigenvalue weighted by Crippen LogP contribution is 1.99. The van der Waals surface area contributed by atoms with Crippen LogP contribution in [0.25, 0.3) is 0 Å². The van der Waals surface area contributed by atoms with Gasteiger partial charge in [-0.25, -0.2) is 0 Å². The number of hydrogen-bond acceptors (Lipinski definition) is 4. The topological polar surface area (TPSA) is 62.0 Å². The molecule has 1 aromatic rings. The van der Waals surface area contributed by atoms with Crippen molar-refractivity contribution < 1.29 is 9.15 Å². The quantitative estimate of drug-likeness (QED) is 0.281. The van der Waals surface area contributed by atoms with E-state index in [1.165, 1.54) is 0 Å². The summed E-state index contributed by atoms with van der Waals surface area (Å²) >= 11 is 0. The van der Waals surface area contributed by atoms with Crippen LogP contribution in [0.5, 0.6) is 0 Å². The number of nitrogens with zero attached hydrogens (tertiary/aromatic N) is 2. The number of aliphatic imine (C=N–C) groups is 1. The molecule has 1 fully saturated rings. The molecular weight excluding hydrogens is 407 g/mol. The highest BCUT2D eigenvalue weighted by Gasteiger charge is 2.09. The van der Waals surface area contributed by atoms with Gasteiger partial charge < -0.3 is 19.8 Å². The first-order valence-electron chi connectivity index (χ1n) is 7.84. The summed E-state index contributed by atoms with van der Waals surface area (Å²) in [5, 5.41) is 6.55. The minimum atomic E-state index is 0. The molecule has 0 bridgehead atoms. The van der Waals surface area contributed by atoms with Gasteiger partial charge in [-0.15, -0.1) is 30.6 Å². The molecule has 2 rings (SSSR count). The van der Waals surface area contributed by atoms with Gasteiger partial charge in [-0.2, -0.15) is 0 Å². The fourth-order valence-electron chi connectivity index (χ4n) is 2.23. The monoisotopic (exact) mass is 434 g/mol. The third kappa shape index (κ3) is 8.38. The average molecular weight is 434 g/mol. The van der Waals surface area contributed by atoms with Crippen molar-refractivity contribution in [2.24, 2.45) is 4.99 Å². The van der Waals surface area contributed by atoms with Gasteiger partial charge in [-0.1, -0.05) is 6.08 Å². The maximum Gasteiger partial charge on any atom is 0.191 e. The summed E-state index contributed by atoms with van der Waals surface area (Å²) in [4.78, 5) is 6.98. The molecule has 0 saturated carbocycles. The normalized spacial score (nSPS) is 15.7. The lowest BCUT2D eigenvalue weighted by atomic mass is 10.3. The van der Waals surface area contributed by atoms with Gasteiger partial charge >= 0.3 is 0 Å². The molecule has 1 aromatic heterocycles. The predicted octanol–water partition coefficient (Wildman–Crippen LogP) is 1.49. The molecule has 0 spiro atoms. The largest absolute Gasteiger partial charge is 0.469 e. The third-order valence-electron chi connectivity index (χ3n) is 3.45. The van der Waals surface area contributed by atoms with E-state index in [4.69, 9.17) is 9.15 Å². The number of halogens is 1. The first kappa shape index (κ1) is 20.0. The first-order chi connectivity index (χ1) is 10.9. The number of furan rings is 1. The van der Waals surface area contributed by atoms with Gasteiger partial charge in [-0.05, 0) is 12.1 Å². The van der Waals surface area contributed by atoms with Crippen LogP contribution in [-0.4, -0.2) is 63.3 Å². The lowest BCUT2D eigenvalue weighted by Gasteiger charge is -2.25. The lowest BCUT2D eigenvalue weighted by Crippen LogP contribution is -2.40. The van der Waals surface area contributed by atoms with Crippen LogP contribution >= 0.6 is 24.0 Å². The van der Waals surface area contributed by atoms with Gasteiger partial charge in [0.2, 0.25) is 0 Å². The molecule has 6 nitrogen and oxygen atoms in total. The highest BCUT2D eigenvalue weighted by molar-refractivity contribution is 14.0. The molecule has 1 saturated heterocycles.